The first-order valence-electron chi connectivity index (χ1n) is 3.29. The first kappa shape index (κ1) is 8.93. The molecular formula is C7H7ClN2O2. The second-order valence-electron chi connectivity index (χ2n) is 2.39. The lowest BCUT2D eigenvalue weighted by molar-refractivity contribution is 0.101. The number of H-pyrrole nitrogens is 1. The van der Waals surface area contributed by atoms with Crippen molar-refractivity contribution in [3.8, 4) is 0 Å². The molecule has 0 saturated carbocycles. The van der Waals surface area contributed by atoms with Gasteiger partial charge in [0.15, 0.2) is 5.78 Å². The first-order chi connectivity index (χ1) is 5.52. The van der Waals surface area contributed by atoms with Crippen LogP contribution in [0.3, 0.4) is 0 Å². The Morgan fingerprint density at radius 1 is 1.58 bits per heavy atom. The summed E-state index contributed by atoms with van der Waals surface area (Å²) in [6.07, 6.45) is 0. The van der Waals surface area contributed by atoms with Crippen molar-refractivity contribution in [2.75, 3.05) is 0 Å². The van der Waals surface area contributed by atoms with Gasteiger partial charge in [-0.1, -0.05) is 11.6 Å². The molecule has 0 saturated heterocycles. The van der Waals surface area contributed by atoms with Crippen LogP contribution in [0.25, 0.3) is 0 Å². The van der Waals surface area contributed by atoms with Crippen molar-refractivity contribution >= 4 is 17.4 Å². The molecule has 0 fully saturated rings. The summed E-state index contributed by atoms with van der Waals surface area (Å²) in [5, 5.41) is 0.210. The fraction of sp³-hybridized carbons (Fsp3) is 0.286. The second-order valence-corrected chi connectivity index (χ2v) is 2.76. The molecule has 1 heterocycles. The molecule has 0 spiro atoms. The lowest BCUT2D eigenvalue weighted by Gasteiger charge is -1.99. The number of halogens is 1. The third-order valence-electron chi connectivity index (χ3n) is 1.38. The third-order valence-corrected chi connectivity index (χ3v) is 1.84. The number of ketones is 1. The van der Waals surface area contributed by atoms with E-state index in [1.54, 1.807) is 6.92 Å². The predicted molar refractivity (Wildman–Crippen MR) is 44.6 cm³/mol. The van der Waals surface area contributed by atoms with Gasteiger partial charge in [-0.15, -0.1) is 0 Å². The van der Waals surface area contributed by atoms with Gasteiger partial charge in [0.25, 0.3) is 0 Å². The van der Waals surface area contributed by atoms with Gasteiger partial charge in [-0.25, -0.2) is 4.79 Å². The number of nitrogens with zero attached hydrogens (tertiary/aromatic N) is 1. The quantitative estimate of drug-likeness (QED) is 0.664. The molecule has 0 radical (unpaired) electrons. The summed E-state index contributed by atoms with van der Waals surface area (Å²) in [5.74, 6) is -0.311. The zero-order valence-electron chi connectivity index (χ0n) is 6.64. The number of hydrogen-bond donors (Lipinski definition) is 1. The van der Waals surface area contributed by atoms with Gasteiger partial charge in [-0.3, -0.25) is 4.79 Å². The Kier molecular flexibility index (Phi) is 2.28. The molecule has 1 rings (SSSR count). The minimum Gasteiger partial charge on any atom is -0.309 e. The largest absolute Gasteiger partial charge is 0.345 e. The number of carbonyl (C=O) groups is 1. The molecule has 0 aliphatic carbocycles. The molecule has 5 heteroatoms. The minimum atomic E-state index is -0.554. The molecule has 4 nitrogen and oxygen atoms in total. The molecule has 0 bridgehead atoms. The maximum atomic E-state index is 10.9. The van der Waals surface area contributed by atoms with E-state index in [0.29, 0.717) is 5.69 Å². The van der Waals surface area contributed by atoms with Crippen LogP contribution in [0.15, 0.2) is 4.79 Å². The molecule has 0 aromatic carbocycles. The van der Waals surface area contributed by atoms with Gasteiger partial charge in [0.05, 0.1) is 5.02 Å². The SMILES string of the molecule is CC(=O)c1nc(=O)[nH]c(C)c1Cl. The maximum Gasteiger partial charge on any atom is 0.345 e. The first-order valence-corrected chi connectivity index (χ1v) is 3.67. The summed E-state index contributed by atoms with van der Waals surface area (Å²) in [6.45, 7) is 2.92. The second kappa shape index (κ2) is 3.06. The zero-order chi connectivity index (χ0) is 9.30. The Morgan fingerprint density at radius 3 is 2.67 bits per heavy atom. The molecule has 64 valence electrons. The van der Waals surface area contributed by atoms with E-state index in [0.717, 1.165) is 0 Å². The highest BCUT2D eigenvalue weighted by Crippen LogP contribution is 2.14. The van der Waals surface area contributed by atoms with Crippen molar-refractivity contribution < 1.29 is 4.79 Å². The molecule has 1 N–H and O–H groups in total. The van der Waals surface area contributed by atoms with Crippen molar-refractivity contribution in [2.45, 2.75) is 13.8 Å². The van der Waals surface area contributed by atoms with Gasteiger partial charge in [0, 0.05) is 12.6 Å². The van der Waals surface area contributed by atoms with E-state index in [-0.39, 0.29) is 16.5 Å². The number of Topliss-reactive ketones (excluding diaryl/α,β-unsaturated/α-hetero) is 1. The van der Waals surface area contributed by atoms with Crippen molar-refractivity contribution in [2.24, 2.45) is 0 Å². The van der Waals surface area contributed by atoms with E-state index in [4.69, 9.17) is 11.6 Å². The Labute approximate surface area is 73.6 Å². The third kappa shape index (κ3) is 1.53. The molecule has 0 aliphatic rings. The topological polar surface area (TPSA) is 62.8 Å². The van der Waals surface area contributed by atoms with Gasteiger partial charge in [0.1, 0.15) is 5.69 Å². The fourth-order valence-electron chi connectivity index (χ4n) is 0.805. The van der Waals surface area contributed by atoms with Crippen molar-refractivity contribution in [3.05, 3.63) is 26.9 Å². The monoisotopic (exact) mass is 186 g/mol. The van der Waals surface area contributed by atoms with E-state index in [9.17, 15) is 9.59 Å². The summed E-state index contributed by atoms with van der Waals surface area (Å²) < 4.78 is 0. The maximum absolute atomic E-state index is 10.9. The summed E-state index contributed by atoms with van der Waals surface area (Å²) >= 11 is 5.71. The zero-order valence-corrected chi connectivity index (χ0v) is 7.40. The number of aromatic amines is 1. The number of carbonyl (C=O) groups excluding carboxylic acids is 1. The van der Waals surface area contributed by atoms with Gasteiger partial charge in [-0.05, 0) is 6.92 Å². The summed E-state index contributed by atoms with van der Waals surface area (Å²) in [5.41, 5.74) is -0.0677. The van der Waals surface area contributed by atoms with Crippen LogP contribution in [0.4, 0.5) is 0 Å². The summed E-state index contributed by atoms with van der Waals surface area (Å²) in [4.78, 5) is 27.5. The molecular weight excluding hydrogens is 180 g/mol. The van der Waals surface area contributed by atoms with E-state index in [1.165, 1.54) is 6.92 Å². The minimum absolute atomic E-state index is 0.0258. The molecule has 12 heavy (non-hydrogen) atoms. The Hall–Kier alpha value is -1.16. The average Bonchev–Trinajstić information content (AvgIpc) is 1.96. The van der Waals surface area contributed by atoms with Crippen LogP contribution >= 0.6 is 11.6 Å². The van der Waals surface area contributed by atoms with E-state index in [1.807, 2.05) is 0 Å². The molecule has 0 unspecified atom stereocenters. The molecule has 1 aromatic heterocycles. The lowest BCUT2D eigenvalue weighted by Crippen LogP contribution is -2.16. The van der Waals surface area contributed by atoms with Crippen LogP contribution in [0.5, 0.6) is 0 Å². The fourth-order valence-corrected chi connectivity index (χ4v) is 1.03. The number of hydrogen-bond acceptors (Lipinski definition) is 3. The smallest absolute Gasteiger partial charge is 0.309 e. The Balaban J connectivity index is 3.48. The highest BCUT2D eigenvalue weighted by Gasteiger charge is 2.10. The summed E-state index contributed by atoms with van der Waals surface area (Å²) in [6, 6.07) is 0. The lowest BCUT2D eigenvalue weighted by atomic mass is 10.2. The highest BCUT2D eigenvalue weighted by atomic mass is 35.5. The van der Waals surface area contributed by atoms with Crippen molar-refractivity contribution in [3.63, 3.8) is 0 Å². The van der Waals surface area contributed by atoms with E-state index < -0.39 is 5.69 Å². The van der Waals surface area contributed by atoms with Gasteiger partial charge in [-0.2, -0.15) is 4.98 Å². The Bertz CT molecular complexity index is 383. The standard InChI is InChI=1S/C7H7ClN2O2/c1-3-5(8)6(4(2)11)10-7(12)9-3/h1-2H3,(H,9,10,12). The average molecular weight is 187 g/mol. The van der Waals surface area contributed by atoms with Crippen LogP contribution in [0.2, 0.25) is 5.02 Å². The highest BCUT2D eigenvalue weighted by molar-refractivity contribution is 6.34. The number of aryl methyl sites for hydroxylation is 1. The number of rotatable bonds is 1. The number of nitrogens with one attached hydrogen (secondary N) is 1. The van der Waals surface area contributed by atoms with E-state index in [2.05, 4.69) is 9.97 Å². The van der Waals surface area contributed by atoms with Gasteiger partial charge in [0.2, 0.25) is 0 Å². The van der Waals surface area contributed by atoms with Crippen LogP contribution in [0, 0.1) is 6.92 Å². The van der Waals surface area contributed by atoms with Crippen molar-refractivity contribution in [1.29, 1.82) is 0 Å². The Morgan fingerprint density at radius 2 is 2.17 bits per heavy atom. The van der Waals surface area contributed by atoms with Crippen molar-refractivity contribution in [1.82, 2.24) is 9.97 Å². The van der Waals surface area contributed by atoms with E-state index >= 15 is 0 Å². The van der Waals surface area contributed by atoms with Crippen LogP contribution in [0.1, 0.15) is 23.1 Å². The molecule has 0 atom stereocenters. The molecule has 1 aromatic rings. The van der Waals surface area contributed by atoms with Crippen LogP contribution in [-0.4, -0.2) is 15.8 Å². The normalized spacial score (nSPS) is 9.92. The molecule has 0 aliphatic heterocycles. The predicted octanol–water partition coefficient (Wildman–Crippen LogP) is 0.934. The van der Waals surface area contributed by atoms with Gasteiger partial charge < -0.3 is 4.98 Å². The van der Waals surface area contributed by atoms with Crippen LogP contribution in [-0.2, 0) is 0 Å². The van der Waals surface area contributed by atoms with Gasteiger partial charge >= 0.3 is 5.69 Å². The molecule has 0 amide bonds. The summed E-state index contributed by atoms with van der Waals surface area (Å²) in [7, 11) is 0. The number of aromatic nitrogens is 2. The van der Waals surface area contributed by atoms with Crippen LogP contribution < -0.4 is 5.69 Å².